The Labute approximate surface area is 188 Å². The lowest BCUT2D eigenvalue weighted by Crippen LogP contribution is -2.36. The van der Waals surface area contributed by atoms with Crippen LogP contribution in [0.3, 0.4) is 0 Å². The summed E-state index contributed by atoms with van der Waals surface area (Å²) in [6.07, 6.45) is 2.40. The molecule has 0 radical (unpaired) electrons. The molecule has 7 nitrogen and oxygen atoms in total. The van der Waals surface area contributed by atoms with Gasteiger partial charge in [-0.05, 0) is 67.6 Å². The molecule has 1 aliphatic heterocycles. The summed E-state index contributed by atoms with van der Waals surface area (Å²) in [6, 6.07) is 12.3. The normalized spacial score (nSPS) is 17.7. The Balaban J connectivity index is 1.35. The molecule has 1 fully saturated rings. The van der Waals surface area contributed by atoms with E-state index in [4.69, 9.17) is 4.74 Å². The van der Waals surface area contributed by atoms with Crippen molar-refractivity contribution in [3.63, 3.8) is 0 Å². The van der Waals surface area contributed by atoms with Crippen LogP contribution in [0.2, 0.25) is 0 Å². The molecule has 1 heterocycles. The van der Waals surface area contributed by atoms with Gasteiger partial charge in [0.2, 0.25) is 11.8 Å². The second-order valence-electron chi connectivity index (χ2n) is 8.52. The first-order chi connectivity index (χ1) is 15.3. The third kappa shape index (κ3) is 4.80. The first kappa shape index (κ1) is 22.3. The van der Waals surface area contributed by atoms with E-state index in [9.17, 15) is 18.0 Å². The number of nitrogens with one attached hydrogen (secondary N) is 1. The van der Waals surface area contributed by atoms with Crippen molar-refractivity contribution in [2.24, 2.45) is 5.92 Å². The highest BCUT2D eigenvalue weighted by Gasteiger charge is 2.39. The lowest BCUT2D eigenvalue weighted by atomic mass is 10.1. The molecule has 0 unspecified atom stereocenters. The van der Waals surface area contributed by atoms with Crippen LogP contribution in [-0.4, -0.2) is 39.1 Å². The molecule has 1 N–H and O–H groups in total. The Morgan fingerprint density at radius 1 is 1.12 bits per heavy atom. The molecular weight excluding hydrogens is 428 g/mol. The maximum atomic E-state index is 12.8. The van der Waals surface area contributed by atoms with E-state index in [1.807, 2.05) is 24.0 Å². The largest absolute Gasteiger partial charge is 0.497 e. The highest BCUT2D eigenvalue weighted by atomic mass is 32.2. The standard InChI is InChI=1S/C24H28N2O5S/c1-16-13-19-14-21(9-10-22(19)26(16)24(28)18-5-6-18)32(29,30)12-11-23(27)25-15-17-3-7-20(31-2)8-4-17/h3-4,7-10,14,16,18H,5-6,11-13,15H2,1-2H3,(H,25,27)/t16-/m1/s1. The zero-order valence-electron chi connectivity index (χ0n) is 18.3. The minimum atomic E-state index is -3.61. The summed E-state index contributed by atoms with van der Waals surface area (Å²) in [5.41, 5.74) is 2.59. The van der Waals surface area contributed by atoms with E-state index in [2.05, 4.69) is 5.32 Å². The first-order valence-corrected chi connectivity index (χ1v) is 12.5. The molecule has 2 amide bonds. The van der Waals surface area contributed by atoms with Gasteiger partial charge in [0.1, 0.15) is 5.75 Å². The van der Waals surface area contributed by atoms with E-state index in [-0.39, 0.29) is 40.8 Å². The number of carbonyl (C=O) groups excluding carboxylic acids is 2. The number of ether oxygens (including phenoxy) is 1. The Bertz CT molecular complexity index is 1120. The maximum Gasteiger partial charge on any atom is 0.230 e. The quantitative estimate of drug-likeness (QED) is 0.659. The molecule has 0 spiro atoms. The third-order valence-corrected chi connectivity index (χ3v) is 7.75. The third-order valence-electron chi connectivity index (χ3n) is 6.04. The minimum absolute atomic E-state index is 0.0276. The molecule has 2 aromatic carbocycles. The van der Waals surface area contributed by atoms with Gasteiger partial charge in [0, 0.05) is 30.6 Å². The fourth-order valence-electron chi connectivity index (χ4n) is 4.04. The molecule has 2 aliphatic rings. The van der Waals surface area contributed by atoms with Crippen LogP contribution in [0.15, 0.2) is 47.4 Å². The van der Waals surface area contributed by atoms with Gasteiger partial charge >= 0.3 is 0 Å². The summed E-state index contributed by atoms with van der Waals surface area (Å²) in [6.45, 7) is 2.31. The van der Waals surface area contributed by atoms with E-state index in [0.717, 1.165) is 35.4 Å². The van der Waals surface area contributed by atoms with Crippen LogP contribution in [0.5, 0.6) is 5.75 Å². The van der Waals surface area contributed by atoms with E-state index >= 15 is 0 Å². The number of sulfone groups is 1. The van der Waals surface area contributed by atoms with Gasteiger partial charge in [0.05, 0.1) is 17.8 Å². The van der Waals surface area contributed by atoms with E-state index in [1.54, 1.807) is 37.4 Å². The second kappa shape index (κ2) is 8.94. The summed E-state index contributed by atoms with van der Waals surface area (Å²) < 4.78 is 30.7. The topological polar surface area (TPSA) is 92.8 Å². The molecule has 1 aliphatic carbocycles. The Morgan fingerprint density at radius 2 is 1.84 bits per heavy atom. The highest BCUT2D eigenvalue weighted by Crippen LogP contribution is 2.39. The summed E-state index contributed by atoms with van der Waals surface area (Å²) in [7, 11) is -2.02. The van der Waals surface area contributed by atoms with Crippen LogP contribution in [-0.2, 0) is 32.4 Å². The van der Waals surface area contributed by atoms with Crippen molar-refractivity contribution in [2.75, 3.05) is 17.8 Å². The lowest BCUT2D eigenvalue weighted by molar-refractivity contribution is -0.121. The van der Waals surface area contributed by atoms with Crippen molar-refractivity contribution in [1.29, 1.82) is 0 Å². The van der Waals surface area contributed by atoms with Crippen LogP contribution in [0.25, 0.3) is 0 Å². The minimum Gasteiger partial charge on any atom is -0.497 e. The van der Waals surface area contributed by atoms with Crippen LogP contribution in [0.4, 0.5) is 5.69 Å². The number of benzene rings is 2. The summed E-state index contributed by atoms with van der Waals surface area (Å²) in [4.78, 5) is 26.8. The molecule has 0 aromatic heterocycles. The number of methoxy groups -OCH3 is 1. The summed E-state index contributed by atoms with van der Waals surface area (Å²) in [5, 5.41) is 2.75. The zero-order valence-corrected chi connectivity index (χ0v) is 19.2. The molecule has 2 aromatic rings. The van der Waals surface area contributed by atoms with E-state index in [0.29, 0.717) is 13.0 Å². The molecular formula is C24H28N2O5S. The number of nitrogens with zero attached hydrogens (tertiary/aromatic N) is 1. The molecule has 0 saturated heterocycles. The van der Waals surface area contributed by atoms with E-state index < -0.39 is 9.84 Å². The van der Waals surface area contributed by atoms with Crippen molar-refractivity contribution in [2.45, 2.75) is 50.1 Å². The van der Waals surface area contributed by atoms with Crippen molar-refractivity contribution < 1.29 is 22.7 Å². The molecule has 1 atom stereocenters. The number of anilines is 1. The zero-order chi connectivity index (χ0) is 22.9. The van der Waals surface area contributed by atoms with Gasteiger partial charge in [-0.1, -0.05) is 12.1 Å². The number of hydrogen-bond donors (Lipinski definition) is 1. The van der Waals surface area contributed by atoms with Crippen molar-refractivity contribution >= 4 is 27.3 Å². The summed E-state index contributed by atoms with van der Waals surface area (Å²) in [5.74, 6) is 0.402. The first-order valence-electron chi connectivity index (χ1n) is 10.9. The number of amides is 2. The van der Waals surface area contributed by atoms with Crippen LogP contribution >= 0.6 is 0 Å². The number of carbonyl (C=O) groups is 2. The number of rotatable bonds is 8. The van der Waals surface area contributed by atoms with Gasteiger partial charge in [-0.25, -0.2) is 8.42 Å². The number of hydrogen-bond acceptors (Lipinski definition) is 5. The number of fused-ring (bicyclic) bond motifs is 1. The van der Waals surface area contributed by atoms with Crippen LogP contribution in [0.1, 0.15) is 37.3 Å². The SMILES string of the molecule is COc1ccc(CNC(=O)CCS(=O)(=O)c2ccc3c(c2)C[C@@H](C)N3C(=O)C2CC2)cc1. The fourth-order valence-corrected chi connectivity index (χ4v) is 5.33. The van der Waals surface area contributed by atoms with Gasteiger partial charge in [-0.15, -0.1) is 0 Å². The molecule has 4 rings (SSSR count). The van der Waals surface area contributed by atoms with Gasteiger partial charge in [0.25, 0.3) is 0 Å². The molecule has 32 heavy (non-hydrogen) atoms. The predicted molar refractivity (Wildman–Crippen MR) is 121 cm³/mol. The maximum absolute atomic E-state index is 12.8. The van der Waals surface area contributed by atoms with Gasteiger partial charge in [0.15, 0.2) is 9.84 Å². The second-order valence-corrected chi connectivity index (χ2v) is 10.6. The average molecular weight is 457 g/mol. The fraction of sp³-hybridized carbons (Fsp3) is 0.417. The molecule has 8 heteroatoms. The summed E-state index contributed by atoms with van der Waals surface area (Å²) >= 11 is 0. The van der Waals surface area contributed by atoms with Crippen molar-refractivity contribution in [3.05, 3.63) is 53.6 Å². The van der Waals surface area contributed by atoms with Gasteiger partial charge in [-0.3, -0.25) is 9.59 Å². The van der Waals surface area contributed by atoms with Crippen molar-refractivity contribution in [3.8, 4) is 5.75 Å². The molecule has 170 valence electrons. The van der Waals surface area contributed by atoms with E-state index in [1.165, 1.54) is 0 Å². The van der Waals surface area contributed by atoms with Crippen LogP contribution in [0, 0.1) is 5.92 Å². The lowest BCUT2D eigenvalue weighted by Gasteiger charge is -2.22. The van der Waals surface area contributed by atoms with Gasteiger partial charge < -0.3 is 15.0 Å². The predicted octanol–water partition coefficient (Wildman–Crippen LogP) is 2.86. The Hall–Kier alpha value is -2.87. The van der Waals surface area contributed by atoms with Gasteiger partial charge in [-0.2, -0.15) is 0 Å². The molecule has 0 bridgehead atoms. The van der Waals surface area contributed by atoms with Crippen LogP contribution < -0.4 is 15.0 Å². The average Bonchev–Trinajstić information content (AvgIpc) is 3.58. The Morgan fingerprint density at radius 3 is 2.50 bits per heavy atom. The monoisotopic (exact) mass is 456 g/mol. The van der Waals surface area contributed by atoms with Crippen molar-refractivity contribution in [1.82, 2.24) is 5.32 Å². The highest BCUT2D eigenvalue weighted by molar-refractivity contribution is 7.91. The smallest absolute Gasteiger partial charge is 0.230 e. The Kier molecular flexibility index (Phi) is 6.24. The molecule has 1 saturated carbocycles.